The van der Waals surface area contributed by atoms with Crippen molar-refractivity contribution in [1.29, 1.82) is 0 Å². The summed E-state index contributed by atoms with van der Waals surface area (Å²) in [5.41, 5.74) is 0.0264. The second-order valence-corrected chi connectivity index (χ2v) is 9.38. The van der Waals surface area contributed by atoms with Crippen LogP contribution in [-0.2, 0) is 21.0 Å². The number of hydrogen-bond acceptors (Lipinski definition) is 6. The zero-order chi connectivity index (χ0) is 25.9. The van der Waals surface area contributed by atoms with Crippen LogP contribution in [0.4, 0.5) is 13.2 Å². The van der Waals surface area contributed by atoms with Crippen LogP contribution in [0.2, 0.25) is 0 Å². The number of nitrogens with one attached hydrogen (secondary N) is 1. The van der Waals surface area contributed by atoms with Gasteiger partial charge in [-0.2, -0.15) is 18.2 Å². The van der Waals surface area contributed by atoms with E-state index in [9.17, 15) is 26.4 Å². The van der Waals surface area contributed by atoms with E-state index < -0.39 is 27.7 Å². The van der Waals surface area contributed by atoms with Crippen molar-refractivity contribution in [3.05, 3.63) is 78.4 Å². The first-order chi connectivity index (χ1) is 17.0. The average molecular weight is 517 g/mol. The van der Waals surface area contributed by atoms with E-state index in [-0.39, 0.29) is 40.7 Å². The molecule has 4 rings (SSSR count). The molecule has 1 heterocycles. The highest BCUT2D eigenvalue weighted by Crippen LogP contribution is 2.39. The second-order valence-electron chi connectivity index (χ2n) is 7.61. The summed E-state index contributed by atoms with van der Waals surface area (Å²) in [6, 6.07) is 17.3. The summed E-state index contributed by atoms with van der Waals surface area (Å²) < 4.78 is 73.3. The predicted molar refractivity (Wildman–Crippen MR) is 123 cm³/mol. The van der Waals surface area contributed by atoms with E-state index in [1.807, 2.05) is 0 Å². The van der Waals surface area contributed by atoms with Crippen LogP contribution in [0.5, 0.6) is 0 Å². The lowest BCUT2D eigenvalue weighted by Crippen LogP contribution is -2.26. The monoisotopic (exact) mass is 517 g/mol. The number of hydrogen-bond donors (Lipinski definition) is 2. The molecule has 1 aromatic heterocycles. The zero-order valence-electron chi connectivity index (χ0n) is 18.4. The fourth-order valence-corrected chi connectivity index (χ4v) is 4.43. The molecular weight excluding hydrogens is 499 g/mol. The third-order valence-electron chi connectivity index (χ3n) is 5.14. The summed E-state index contributed by atoms with van der Waals surface area (Å²) >= 11 is 0. The number of carboxylic acid groups (broad SMARTS) is 1. The van der Waals surface area contributed by atoms with Crippen LogP contribution >= 0.6 is 0 Å². The molecule has 0 spiro atoms. The van der Waals surface area contributed by atoms with Crippen LogP contribution < -0.4 is 4.72 Å². The number of carbonyl (C=O) groups is 1. The maximum absolute atomic E-state index is 13.8. The van der Waals surface area contributed by atoms with Gasteiger partial charge in [0.2, 0.25) is 15.8 Å². The second kappa shape index (κ2) is 9.91. The minimum absolute atomic E-state index is 0.0179. The highest BCUT2D eigenvalue weighted by molar-refractivity contribution is 7.89. The van der Waals surface area contributed by atoms with E-state index in [1.165, 1.54) is 36.4 Å². The minimum Gasteiger partial charge on any atom is -0.481 e. The van der Waals surface area contributed by atoms with Crippen molar-refractivity contribution >= 4 is 16.0 Å². The smallest absolute Gasteiger partial charge is 0.417 e. The normalized spacial score (nSPS) is 12.0. The van der Waals surface area contributed by atoms with Gasteiger partial charge in [-0.1, -0.05) is 47.6 Å². The van der Waals surface area contributed by atoms with Crippen molar-refractivity contribution in [1.82, 2.24) is 14.9 Å². The standard InChI is InChI=1S/C24H18F3N3O5S/c25-24(26,27)20-14-17(8-11-19(20)15-4-2-1-3-5-15)22-29-23(35-30-22)16-6-9-18(10-7-16)36(33,34)28-13-12-21(31)32/h1-11,14,28H,12-13H2,(H,31,32). The van der Waals surface area contributed by atoms with Gasteiger partial charge in [0.15, 0.2) is 0 Å². The van der Waals surface area contributed by atoms with Crippen molar-refractivity contribution in [2.45, 2.75) is 17.5 Å². The molecule has 0 amide bonds. The number of carboxylic acids is 1. The Morgan fingerprint density at radius 2 is 1.61 bits per heavy atom. The number of nitrogens with zero attached hydrogens (tertiary/aromatic N) is 2. The van der Waals surface area contributed by atoms with Crippen molar-refractivity contribution in [3.63, 3.8) is 0 Å². The molecule has 0 bridgehead atoms. The molecule has 0 saturated heterocycles. The highest BCUT2D eigenvalue weighted by Gasteiger charge is 2.34. The number of aliphatic carboxylic acids is 1. The number of sulfonamides is 1. The summed E-state index contributed by atoms with van der Waals surface area (Å²) in [5.74, 6) is -1.23. The van der Waals surface area contributed by atoms with Gasteiger partial charge in [0, 0.05) is 17.7 Å². The number of halogens is 3. The Balaban J connectivity index is 1.59. The largest absolute Gasteiger partial charge is 0.481 e. The third kappa shape index (κ3) is 5.61. The quantitative estimate of drug-likeness (QED) is 0.343. The molecule has 3 aromatic carbocycles. The van der Waals surface area contributed by atoms with Crippen molar-refractivity contribution in [2.24, 2.45) is 0 Å². The average Bonchev–Trinajstić information content (AvgIpc) is 3.34. The van der Waals surface area contributed by atoms with E-state index in [1.54, 1.807) is 30.3 Å². The van der Waals surface area contributed by atoms with Crippen LogP contribution in [0.3, 0.4) is 0 Å². The van der Waals surface area contributed by atoms with Gasteiger partial charge in [-0.15, -0.1) is 0 Å². The number of benzene rings is 3. The molecule has 0 aliphatic heterocycles. The summed E-state index contributed by atoms with van der Waals surface area (Å²) in [7, 11) is -3.92. The maximum Gasteiger partial charge on any atom is 0.417 e. The molecule has 0 unspecified atom stereocenters. The number of aromatic nitrogens is 2. The van der Waals surface area contributed by atoms with E-state index >= 15 is 0 Å². The van der Waals surface area contributed by atoms with Crippen LogP contribution in [0.15, 0.2) is 82.2 Å². The fraction of sp³-hybridized carbons (Fsp3) is 0.125. The molecule has 0 saturated carbocycles. The first-order valence-electron chi connectivity index (χ1n) is 10.5. The minimum atomic E-state index is -4.62. The van der Waals surface area contributed by atoms with Gasteiger partial charge in [-0.05, 0) is 41.5 Å². The van der Waals surface area contributed by atoms with Gasteiger partial charge in [-0.3, -0.25) is 4.79 Å². The Morgan fingerprint density at radius 3 is 2.25 bits per heavy atom. The SMILES string of the molecule is O=C(O)CCNS(=O)(=O)c1ccc(-c2nc(-c3ccc(-c4ccccc4)c(C(F)(F)F)c3)no2)cc1. The van der Waals surface area contributed by atoms with Gasteiger partial charge in [0.1, 0.15) is 0 Å². The zero-order valence-corrected chi connectivity index (χ0v) is 19.2. The van der Waals surface area contributed by atoms with Crippen molar-refractivity contribution in [3.8, 4) is 34.0 Å². The van der Waals surface area contributed by atoms with E-state index in [0.29, 0.717) is 11.1 Å². The first kappa shape index (κ1) is 25.1. The summed E-state index contributed by atoms with van der Waals surface area (Å²) in [4.78, 5) is 14.6. The van der Waals surface area contributed by atoms with Crippen molar-refractivity contribution < 1.29 is 36.0 Å². The molecule has 36 heavy (non-hydrogen) atoms. The molecule has 0 radical (unpaired) electrons. The van der Waals surface area contributed by atoms with Gasteiger partial charge in [0.05, 0.1) is 16.9 Å². The lowest BCUT2D eigenvalue weighted by Gasteiger charge is -2.14. The van der Waals surface area contributed by atoms with Crippen LogP contribution in [0.1, 0.15) is 12.0 Å². The lowest BCUT2D eigenvalue weighted by atomic mass is 9.97. The van der Waals surface area contributed by atoms with Gasteiger partial charge in [-0.25, -0.2) is 13.1 Å². The summed E-state index contributed by atoms with van der Waals surface area (Å²) in [6.07, 6.45) is -4.99. The summed E-state index contributed by atoms with van der Waals surface area (Å²) in [5, 5.41) is 12.4. The topological polar surface area (TPSA) is 122 Å². The Bertz CT molecular complexity index is 1490. The molecule has 0 aliphatic carbocycles. The third-order valence-corrected chi connectivity index (χ3v) is 6.61. The van der Waals surface area contributed by atoms with E-state index in [0.717, 1.165) is 6.07 Å². The molecular formula is C24H18F3N3O5S. The fourth-order valence-electron chi connectivity index (χ4n) is 3.40. The Hall–Kier alpha value is -4.03. The molecule has 186 valence electrons. The maximum atomic E-state index is 13.8. The number of rotatable bonds is 8. The van der Waals surface area contributed by atoms with Crippen LogP contribution in [-0.4, -0.2) is 36.2 Å². The lowest BCUT2D eigenvalue weighted by molar-refractivity contribution is -0.137. The number of alkyl halides is 3. The van der Waals surface area contributed by atoms with E-state index in [4.69, 9.17) is 9.63 Å². The molecule has 0 aliphatic rings. The van der Waals surface area contributed by atoms with E-state index in [2.05, 4.69) is 14.9 Å². The van der Waals surface area contributed by atoms with Gasteiger partial charge < -0.3 is 9.63 Å². The Morgan fingerprint density at radius 1 is 0.944 bits per heavy atom. The van der Waals surface area contributed by atoms with Crippen LogP contribution in [0, 0.1) is 0 Å². The Labute approximate surface area is 203 Å². The van der Waals surface area contributed by atoms with Crippen molar-refractivity contribution in [2.75, 3.05) is 6.54 Å². The molecule has 2 N–H and O–H groups in total. The van der Waals surface area contributed by atoms with Gasteiger partial charge in [0.25, 0.3) is 5.89 Å². The molecule has 0 atom stereocenters. The van der Waals surface area contributed by atoms with Gasteiger partial charge >= 0.3 is 12.1 Å². The summed E-state index contributed by atoms with van der Waals surface area (Å²) in [6.45, 7) is -0.268. The predicted octanol–water partition coefficient (Wildman–Crippen LogP) is 4.84. The highest BCUT2D eigenvalue weighted by atomic mass is 32.2. The Kier molecular flexibility index (Phi) is 6.91. The molecule has 0 fully saturated rings. The molecule has 12 heteroatoms. The van der Waals surface area contributed by atoms with Crippen LogP contribution in [0.25, 0.3) is 34.0 Å². The molecule has 8 nitrogen and oxygen atoms in total. The molecule has 4 aromatic rings. The first-order valence-corrected chi connectivity index (χ1v) is 12.0.